The van der Waals surface area contributed by atoms with Crippen molar-refractivity contribution in [2.24, 2.45) is 0 Å². The molecule has 1 aliphatic rings. The summed E-state index contributed by atoms with van der Waals surface area (Å²) >= 11 is 0. The van der Waals surface area contributed by atoms with Gasteiger partial charge in [0.1, 0.15) is 5.75 Å². The van der Waals surface area contributed by atoms with E-state index in [1.165, 1.54) is 7.11 Å². The molecule has 4 nitrogen and oxygen atoms in total. The van der Waals surface area contributed by atoms with Crippen LogP contribution in [-0.2, 0) is 4.74 Å². The summed E-state index contributed by atoms with van der Waals surface area (Å²) in [6.07, 6.45) is 3.51. The molecule has 0 radical (unpaired) electrons. The molecule has 0 spiro atoms. The largest absolute Gasteiger partial charge is 0.490 e. The van der Waals surface area contributed by atoms with Crippen LogP contribution < -0.4 is 10.1 Å². The summed E-state index contributed by atoms with van der Waals surface area (Å²) in [6.45, 7) is 2.08. The lowest BCUT2D eigenvalue weighted by molar-refractivity contribution is 0.0600. The molecule has 1 aromatic rings. The van der Waals surface area contributed by atoms with E-state index in [9.17, 15) is 4.79 Å². The van der Waals surface area contributed by atoms with Gasteiger partial charge in [-0.3, -0.25) is 0 Å². The van der Waals surface area contributed by atoms with E-state index in [0.29, 0.717) is 5.56 Å². The number of carbonyl (C=O) groups is 1. The van der Waals surface area contributed by atoms with E-state index in [2.05, 4.69) is 10.1 Å². The summed E-state index contributed by atoms with van der Waals surface area (Å²) in [6, 6.07) is 7.11. The third-order valence-electron chi connectivity index (χ3n) is 3.10. The molecule has 1 atom stereocenters. The van der Waals surface area contributed by atoms with E-state index in [-0.39, 0.29) is 12.1 Å². The molecule has 0 aliphatic carbocycles. The van der Waals surface area contributed by atoms with Crippen molar-refractivity contribution in [3.8, 4) is 5.75 Å². The number of benzene rings is 1. The number of esters is 1. The standard InChI is InChI=1S/C14H19NO3/c1-17-14(16)11-4-6-13(7-5-11)18-12-3-2-9-15-10-8-12/h4-7,12,15H,2-3,8-10H2,1H3. The fourth-order valence-corrected chi connectivity index (χ4v) is 2.08. The first-order valence-electron chi connectivity index (χ1n) is 6.35. The van der Waals surface area contributed by atoms with E-state index < -0.39 is 0 Å². The van der Waals surface area contributed by atoms with Crippen LogP contribution in [0.5, 0.6) is 5.75 Å². The van der Waals surface area contributed by atoms with Crippen LogP contribution in [0.2, 0.25) is 0 Å². The maximum atomic E-state index is 11.3. The summed E-state index contributed by atoms with van der Waals surface area (Å²) < 4.78 is 10.6. The van der Waals surface area contributed by atoms with Gasteiger partial charge in [-0.05, 0) is 56.6 Å². The molecule has 1 fully saturated rings. The van der Waals surface area contributed by atoms with Crippen molar-refractivity contribution in [2.45, 2.75) is 25.4 Å². The average molecular weight is 249 g/mol. The van der Waals surface area contributed by atoms with Crippen LogP contribution in [0.4, 0.5) is 0 Å². The molecule has 98 valence electrons. The quantitative estimate of drug-likeness (QED) is 0.832. The minimum Gasteiger partial charge on any atom is -0.490 e. The number of nitrogens with one attached hydrogen (secondary N) is 1. The van der Waals surface area contributed by atoms with Crippen LogP contribution in [0.15, 0.2) is 24.3 Å². The second-order valence-corrected chi connectivity index (χ2v) is 4.44. The second-order valence-electron chi connectivity index (χ2n) is 4.44. The molecular weight excluding hydrogens is 230 g/mol. The predicted molar refractivity (Wildman–Crippen MR) is 68.9 cm³/mol. The van der Waals surface area contributed by atoms with Crippen molar-refractivity contribution in [3.63, 3.8) is 0 Å². The van der Waals surface area contributed by atoms with Crippen LogP contribution >= 0.6 is 0 Å². The van der Waals surface area contributed by atoms with Gasteiger partial charge in [-0.25, -0.2) is 4.79 Å². The Kier molecular flexibility index (Phi) is 4.59. The minimum atomic E-state index is -0.319. The molecule has 1 aromatic carbocycles. The van der Waals surface area contributed by atoms with Gasteiger partial charge in [-0.1, -0.05) is 0 Å². The monoisotopic (exact) mass is 249 g/mol. The Hall–Kier alpha value is -1.55. The van der Waals surface area contributed by atoms with Crippen LogP contribution in [0, 0.1) is 0 Å². The van der Waals surface area contributed by atoms with E-state index in [0.717, 1.165) is 38.1 Å². The Morgan fingerprint density at radius 3 is 2.72 bits per heavy atom. The fraction of sp³-hybridized carbons (Fsp3) is 0.500. The van der Waals surface area contributed by atoms with E-state index in [1.54, 1.807) is 12.1 Å². The highest BCUT2D eigenvalue weighted by molar-refractivity contribution is 5.89. The fourth-order valence-electron chi connectivity index (χ4n) is 2.08. The highest BCUT2D eigenvalue weighted by atomic mass is 16.5. The molecule has 2 rings (SSSR count). The Balaban J connectivity index is 1.94. The van der Waals surface area contributed by atoms with Gasteiger partial charge in [0.25, 0.3) is 0 Å². The molecule has 0 aromatic heterocycles. The number of methoxy groups -OCH3 is 1. The molecule has 1 aliphatic heterocycles. The van der Waals surface area contributed by atoms with Gasteiger partial charge in [0, 0.05) is 0 Å². The summed E-state index contributed by atoms with van der Waals surface area (Å²) in [5, 5.41) is 3.35. The van der Waals surface area contributed by atoms with E-state index in [1.807, 2.05) is 12.1 Å². The topological polar surface area (TPSA) is 47.6 Å². The summed E-state index contributed by atoms with van der Waals surface area (Å²) in [7, 11) is 1.38. The second kappa shape index (κ2) is 6.40. The Bertz CT molecular complexity index is 381. The van der Waals surface area contributed by atoms with Gasteiger partial charge >= 0.3 is 5.97 Å². The number of carbonyl (C=O) groups excluding carboxylic acids is 1. The Morgan fingerprint density at radius 2 is 2.00 bits per heavy atom. The van der Waals surface area contributed by atoms with Crippen LogP contribution in [0.3, 0.4) is 0 Å². The molecular formula is C14H19NO3. The van der Waals surface area contributed by atoms with Gasteiger partial charge in [-0.2, -0.15) is 0 Å². The molecule has 0 bridgehead atoms. The Labute approximate surface area is 107 Å². The smallest absolute Gasteiger partial charge is 0.337 e. The van der Waals surface area contributed by atoms with Gasteiger partial charge in [-0.15, -0.1) is 0 Å². The lowest BCUT2D eigenvalue weighted by Crippen LogP contribution is -2.19. The van der Waals surface area contributed by atoms with E-state index >= 15 is 0 Å². The van der Waals surface area contributed by atoms with Crippen molar-refractivity contribution in [2.75, 3.05) is 20.2 Å². The van der Waals surface area contributed by atoms with Crippen LogP contribution in [0.25, 0.3) is 0 Å². The lowest BCUT2D eigenvalue weighted by Gasteiger charge is -2.16. The molecule has 0 amide bonds. The Morgan fingerprint density at radius 1 is 1.22 bits per heavy atom. The normalized spacial score (nSPS) is 19.9. The highest BCUT2D eigenvalue weighted by Crippen LogP contribution is 2.18. The molecule has 1 saturated heterocycles. The SMILES string of the molecule is COC(=O)c1ccc(OC2CCCNCC2)cc1. The predicted octanol–water partition coefficient (Wildman–Crippen LogP) is 1.99. The van der Waals surface area contributed by atoms with Crippen LogP contribution in [0.1, 0.15) is 29.6 Å². The molecule has 18 heavy (non-hydrogen) atoms. The zero-order valence-corrected chi connectivity index (χ0v) is 10.6. The third-order valence-corrected chi connectivity index (χ3v) is 3.10. The molecule has 1 unspecified atom stereocenters. The van der Waals surface area contributed by atoms with Crippen molar-refractivity contribution in [1.29, 1.82) is 0 Å². The van der Waals surface area contributed by atoms with Crippen molar-refractivity contribution < 1.29 is 14.3 Å². The van der Waals surface area contributed by atoms with E-state index in [4.69, 9.17) is 4.74 Å². The number of hydrogen-bond acceptors (Lipinski definition) is 4. The first kappa shape index (κ1) is 12.9. The first-order chi connectivity index (χ1) is 8.79. The van der Waals surface area contributed by atoms with Crippen LogP contribution in [-0.4, -0.2) is 32.3 Å². The lowest BCUT2D eigenvalue weighted by atomic mass is 10.1. The number of hydrogen-bond donors (Lipinski definition) is 1. The molecule has 1 heterocycles. The highest BCUT2D eigenvalue weighted by Gasteiger charge is 2.13. The van der Waals surface area contributed by atoms with Crippen molar-refractivity contribution >= 4 is 5.97 Å². The molecule has 1 N–H and O–H groups in total. The maximum Gasteiger partial charge on any atom is 0.337 e. The van der Waals surface area contributed by atoms with Gasteiger partial charge in [0.2, 0.25) is 0 Å². The average Bonchev–Trinajstić information content (AvgIpc) is 2.67. The first-order valence-corrected chi connectivity index (χ1v) is 6.35. The van der Waals surface area contributed by atoms with Crippen molar-refractivity contribution in [3.05, 3.63) is 29.8 Å². The minimum absolute atomic E-state index is 0.268. The zero-order valence-electron chi connectivity index (χ0n) is 10.6. The zero-order chi connectivity index (χ0) is 12.8. The molecule has 0 saturated carbocycles. The summed E-state index contributed by atoms with van der Waals surface area (Å²) in [4.78, 5) is 11.3. The van der Waals surface area contributed by atoms with Gasteiger partial charge < -0.3 is 14.8 Å². The summed E-state index contributed by atoms with van der Waals surface area (Å²) in [5.41, 5.74) is 0.549. The van der Waals surface area contributed by atoms with Gasteiger partial charge in [0.05, 0.1) is 18.8 Å². The molecule has 4 heteroatoms. The van der Waals surface area contributed by atoms with Crippen molar-refractivity contribution in [1.82, 2.24) is 5.32 Å². The van der Waals surface area contributed by atoms with Gasteiger partial charge in [0.15, 0.2) is 0 Å². The number of rotatable bonds is 3. The number of ether oxygens (including phenoxy) is 2. The third kappa shape index (κ3) is 3.47. The summed E-state index contributed by atoms with van der Waals surface area (Å²) in [5.74, 6) is 0.495. The maximum absolute atomic E-state index is 11.3.